The highest BCUT2D eigenvalue weighted by Crippen LogP contribution is 2.14. The number of carbonyl (C=O) groups excluding carboxylic acids is 1. The third kappa shape index (κ3) is 3.30. The Hall–Kier alpha value is -2.12. The molecule has 1 aromatic heterocycles. The van der Waals surface area contributed by atoms with Gasteiger partial charge in [-0.15, -0.1) is 0 Å². The van der Waals surface area contributed by atoms with Crippen molar-refractivity contribution in [3.8, 4) is 0 Å². The first-order chi connectivity index (χ1) is 11.1. The van der Waals surface area contributed by atoms with Crippen LogP contribution in [0.2, 0.25) is 0 Å². The van der Waals surface area contributed by atoms with Crippen molar-refractivity contribution in [1.82, 2.24) is 19.8 Å². The Morgan fingerprint density at radius 2 is 2.13 bits per heavy atom. The maximum absolute atomic E-state index is 12.0. The number of rotatable bonds is 4. The molecule has 2 aromatic rings. The molecular weight excluding hydrogens is 296 g/mol. The molecule has 0 spiro atoms. The van der Waals surface area contributed by atoms with Crippen LogP contribution in [0.3, 0.4) is 0 Å². The number of ether oxygens (including phenoxy) is 1. The van der Waals surface area contributed by atoms with Gasteiger partial charge in [-0.05, 0) is 17.7 Å². The van der Waals surface area contributed by atoms with E-state index in [1.807, 2.05) is 18.2 Å². The van der Waals surface area contributed by atoms with Crippen molar-refractivity contribution in [2.24, 2.45) is 14.1 Å². The van der Waals surface area contributed by atoms with Crippen molar-refractivity contribution in [3.05, 3.63) is 34.2 Å². The second kappa shape index (κ2) is 6.55. The van der Waals surface area contributed by atoms with E-state index in [2.05, 4.69) is 10.6 Å². The zero-order chi connectivity index (χ0) is 16.4. The summed E-state index contributed by atoms with van der Waals surface area (Å²) >= 11 is 0. The molecule has 7 heteroatoms. The number of nitrogens with zero attached hydrogens (tertiary/aromatic N) is 2. The molecule has 1 aromatic carbocycles. The summed E-state index contributed by atoms with van der Waals surface area (Å²) in [6.07, 6.45) is 0.409. The fourth-order valence-electron chi connectivity index (χ4n) is 2.91. The van der Waals surface area contributed by atoms with Crippen LogP contribution >= 0.6 is 0 Å². The van der Waals surface area contributed by atoms with Crippen LogP contribution in [0.4, 0.5) is 0 Å². The molecule has 2 N–H and O–H groups in total. The van der Waals surface area contributed by atoms with Crippen molar-refractivity contribution in [1.29, 1.82) is 0 Å². The quantitative estimate of drug-likeness (QED) is 0.823. The molecule has 1 amide bonds. The normalized spacial score (nSPS) is 18.3. The van der Waals surface area contributed by atoms with E-state index in [1.165, 1.54) is 0 Å². The molecule has 23 heavy (non-hydrogen) atoms. The van der Waals surface area contributed by atoms with Crippen LogP contribution < -0.4 is 16.3 Å². The number of fused-ring (bicyclic) bond motifs is 1. The molecular formula is C16H22N4O3. The summed E-state index contributed by atoms with van der Waals surface area (Å²) in [6, 6.07) is 5.87. The molecule has 1 atom stereocenters. The second-order valence-electron chi connectivity index (χ2n) is 5.93. The molecule has 3 rings (SSSR count). The molecule has 1 fully saturated rings. The van der Waals surface area contributed by atoms with E-state index in [0.29, 0.717) is 26.2 Å². The summed E-state index contributed by atoms with van der Waals surface area (Å²) in [4.78, 5) is 23.9. The minimum Gasteiger partial charge on any atom is -0.378 e. The zero-order valence-electron chi connectivity index (χ0n) is 13.5. The number of imidazole rings is 1. The van der Waals surface area contributed by atoms with Crippen LogP contribution in [0.1, 0.15) is 12.0 Å². The first kappa shape index (κ1) is 15.8. The van der Waals surface area contributed by atoms with Gasteiger partial charge in [-0.1, -0.05) is 6.07 Å². The molecule has 0 radical (unpaired) electrons. The van der Waals surface area contributed by atoms with Gasteiger partial charge in [-0.25, -0.2) is 4.79 Å². The first-order valence-corrected chi connectivity index (χ1v) is 7.78. The van der Waals surface area contributed by atoms with Gasteiger partial charge in [0.05, 0.1) is 24.2 Å². The van der Waals surface area contributed by atoms with Crippen molar-refractivity contribution in [2.75, 3.05) is 19.8 Å². The average molecular weight is 318 g/mol. The van der Waals surface area contributed by atoms with Crippen LogP contribution in [0.5, 0.6) is 0 Å². The van der Waals surface area contributed by atoms with E-state index < -0.39 is 0 Å². The van der Waals surface area contributed by atoms with Gasteiger partial charge < -0.3 is 15.4 Å². The van der Waals surface area contributed by atoms with E-state index in [9.17, 15) is 9.59 Å². The Bertz CT molecular complexity index is 771. The van der Waals surface area contributed by atoms with Gasteiger partial charge in [-0.3, -0.25) is 13.9 Å². The summed E-state index contributed by atoms with van der Waals surface area (Å²) in [6.45, 7) is 2.52. The van der Waals surface area contributed by atoms with Gasteiger partial charge in [0.15, 0.2) is 0 Å². The van der Waals surface area contributed by atoms with Crippen LogP contribution in [-0.4, -0.2) is 40.8 Å². The molecule has 0 saturated carbocycles. The second-order valence-corrected chi connectivity index (χ2v) is 5.93. The van der Waals surface area contributed by atoms with Crippen molar-refractivity contribution >= 4 is 16.9 Å². The van der Waals surface area contributed by atoms with Gasteiger partial charge in [-0.2, -0.15) is 0 Å². The monoisotopic (exact) mass is 318 g/mol. The summed E-state index contributed by atoms with van der Waals surface area (Å²) in [5, 5.41) is 6.19. The predicted octanol–water partition coefficient (Wildman–Crippen LogP) is -0.128. The fraction of sp³-hybridized carbons (Fsp3) is 0.500. The smallest absolute Gasteiger partial charge is 0.328 e. The number of amides is 1. The van der Waals surface area contributed by atoms with Crippen LogP contribution in [0.15, 0.2) is 23.0 Å². The van der Waals surface area contributed by atoms with E-state index in [0.717, 1.165) is 23.1 Å². The molecule has 0 aliphatic carbocycles. The minimum absolute atomic E-state index is 0.00459. The minimum atomic E-state index is -0.0513. The maximum Gasteiger partial charge on any atom is 0.328 e. The van der Waals surface area contributed by atoms with Gasteiger partial charge in [0.25, 0.3) is 0 Å². The van der Waals surface area contributed by atoms with Crippen LogP contribution in [-0.2, 0) is 30.2 Å². The number of morpholine rings is 1. The Morgan fingerprint density at radius 1 is 1.35 bits per heavy atom. The highest BCUT2D eigenvalue weighted by molar-refractivity contribution is 5.78. The summed E-state index contributed by atoms with van der Waals surface area (Å²) in [5.74, 6) is -0.00459. The van der Waals surface area contributed by atoms with Gasteiger partial charge in [0.1, 0.15) is 0 Å². The lowest BCUT2D eigenvalue weighted by atomic mass is 10.1. The maximum atomic E-state index is 12.0. The summed E-state index contributed by atoms with van der Waals surface area (Å²) in [5.41, 5.74) is 2.67. The highest BCUT2D eigenvalue weighted by atomic mass is 16.5. The average Bonchev–Trinajstić information content (AvgIpc) is 2.78. The Morgan fingerprint density at radius 3 is 2.87 bits per heavy atom. The SMILES string of the molecule is Cn1c(=O)n(C)c2cc(CNC(=O)C[C@H]3COCCN3)ccc21. The topological polar surface area (TPSA) is 77.3 Å². The number of aryl methyl sites for hydroxylation is 2. The van der Waals surface area contributed by atoms with E-state index in [4.69, 9.17) is 4.74 Å². The lowest BCUT2D eigenvalue weighted by Crippen LogP contribution is -2.44. The van der Waals surface area contributed by atoms with Crippen LogP contribution in [0, 0.1) is 0 Å². The highest BCUT2D eigenvalue weighted by Gasteiger charge is 2.16. The lowest BCUT2D eigenvalue weighted by molar-refractivity contribution is -0.122. The number of hydrogen-bond donors (Lipinski definition) is 2. The molecule has 2 heterocycles. The Kier molecular flexibility index (Phi) is 4.49. The summed E-state index contributed by atoms with van der Waals surface area (Å²) < 4.78 is 8.58. The van der Waals surface area contributed by atoms with Gasteiger partial charge >= 0.3 is 5.69 Å². The number of hydrogen-bond acceptors (Lipinski definition) is 4. The number of benzene rings is 1. The zero-order valence-corrected chi connectivity index (χ0v) is 13.5. The third-order valence-electron chi connectivity index (χ3n) is 4.26. The molecule has 0 unspecified atom stereocenters. The van der Waals surface area contributed by atoms with Gasteiger partial charge in [0.2, 0.25) is 5.91 Å². The molecule has 1 aliphatic heterocycles. The number of aromatic nitrogens is 2. The molecule has 1 aliphatic rings. The Labute approximate surface area is 134 Å². The number of carbonyl (C=O) groups is 1. The first-order valence-electron chi connectivity index (χ1n) is 7.78. The number of nitrogens with one attached hydrogen (secondary N) is 2. The summed E-state index contributed by atoms with van der Waals surface area (Å²) in [7, 11) is 3.51. The molecule has 0 bridgehead atoms. The standard InChI is InChI=1S/C16H22N4O3/c1-19-13-4-3-11(7-14(13)20(2)16(19)22)9-18-15(21)8-12-10-23-6-5-17-12/h3-4,7,12,17H,5-6,8-10H2,1-2H3,(H,18,21)/t12-/m0/s1. The van der Waals surface area contributed by atoms with E-state index in [1.54, 1.807) is 23.2 Å². The Balaban J connectivity index is 1.64. The molecule has 7 nitrogen and oxygen atoms in total. The van der Waals surface area contributed by atoms with E-state index in [-0.39, 0.29) is 17.6 Å². The van der Waals surface area contributed by atoms with Crippen molar-refractivity contribution < 1.29 is 9.53 Å². The lowest BCUT2D eigenvalue weighted by Gasteiger charge is -2.23. The predicted molar refractivity (Wildman–Crippen MR) is 87.2 cm³/mol. The van der Waals surface area contributed by atoms with Gasteiger partial charge in [0, 0.05) is 39.6 Å². The van der Waals surface area contributed by atoms with E-state index >= 15 is 0 Å². The largest absolute Gasteiger partial charge is 0.378 e. The fourth-order valence-corrected chi connectivity index (χ4v) is 2.91. The van der Waals surface area contributed by atoms with Crippen LogP contribution in [0.25, 0.3) is 11.0 Å². The molecule has 124 valence electrons. The molecule has 1 saturated heterocycles. The van der Waals surface area contributed by atoms with Crippen molar-refractivity contribution in [3.63, 3.8) is 0 Å². The van der Waals surface area contributed by atoms with Crippen molar-refractivity contribution in [2.45, 2.75) is 19.0 Å². The third-order valence-corrected chi connectivity index (χ3v) is 4.26.